The van der Waals surface area contributed by atoms with Crippen molar-refractivity contribution in [2.45, 2.75) is 13.0 Å². The number of carbonyl (C=O) groups excluding carboxylic acids is 1. The summed E-state index contributed by atoms with van der Waals surface area (Å²) in [4.78, 5) is 26.6. The van der Waals surface area contributed by atoms with Crippen molar-refractivity contribution in [3.8, 4) is 0 Å². The first-order valence-electron chi connectivity index (χ1n) is 7.14. The van der Waals surface area contributed by atoms with E-state index >= 15 is 0 Å². The van der Waals surface area contributed by atoms with Crippen molar-refractivity contribution < 1.29 is 19.4 Å². The zero-order chi connectivity index (χ0) is 15.9. The number of amides is 2. The minimum Gasteiger partial charge on any atom is -0.481 e. The lowest BCUT2D eigenvalue weighted by Gasteiger charge is -2.33. The minimum atomic E-state index is -0.920. The van der Waals surface area contributed by atoms with Gasteiger partial charge in [-0.05, 0) is 17.7 Å². The number of hydrogen-bond acceptors (Lipinski definition) is 3. The van der Waals surface area contributed by atoms with Crippen LogP contribution < -0.4 is 0 Å². The minimum absolute atomic E-state index is 0.0797. The highest BCUT2D eigenvalue weighted by molar-refractivity contribution is 6.30. The summed E-state index contributed by atoms with van der Waals surface area (Å²) in [6, 6.07) is 7.03. The van der Waals surface area contributed by atoms with Gasteiger partial charge in [0.1, 0.15) is 0 Å². The zero-order valence-electron chi connectivity index (χ0n) is 12.2. The van der Waals surface area contributed by atoms with Crippen LogP contribution in [-0.2, 0) is 16.1 Å². The Hall–Kier alpha value is -1.79. The Kier molecular flexibility index (Phi) is 6.03. The molecule has 1 aliphatic rings. The summed E-state index contributed by atoms with van der Waals surface area (Å²) in [5, 5.41) is 9.49. The molecule has 0 atom stereocenters. The van der Waals surface area contributed by atoms with Gasteiger partial charge in [-0.3, -0.25) is 4.79 Å². The molecule has 1 heterocycles. The summed E-state index contributed by atoms with van der Waals surface area (Å²) in [6.07, 6.45) is -0.0797. The van der Waals surface area contributed by atoms with Gasteiger partial charge in [-0.2, -0.15) is 0 Å². The molecular weight excluding hydrogens is 308 g/mol. The van der Waals surface area contributed by atoms with Crippen LogP contribution in [0, 0.1) is 0 Å². The summed E-state index contributed by atoms with van der Waals surface area (Å²) < 4.78 is 5.24. The van der Waals surface area contributed by atoms with E-state index in [1.807, 2.05) is 12.1 Å². The fourth-order valence-electron chi connectivity index (χ4n) is 2.24. The number of hydrogen-bond donors (Lipinski definition) is 1. The van der Waals surface area contributed by atoms with Gasteiger partial charge < -0.3 is 19.6 Å². The number of halogens is 1. The molecule has 1 N–H and O–H groups in total. The Balaban J connectivity index is 2.05. The molecule has 22 heavy (non-hydrogen) atoms. The Morgan fingerprint density at radius 1 is 1.23 bits per heavy atom. The van der Waals surface area contributed by atoms with Gasteiger partial charge in [0.2, 0.25) is 0 Å². The summed E-state index contributed by atoms with van der Waals surface area (Å²) >= 11 is 5.85. The highest BCUT2D eigenvalue weighted by atomic mass is 35.5. The molecule has 7 heteroatoms. The first-order valence-corrected chi connectivity index (χ1v) is 7.52. The van der Waals surface area contributed by atoms with Crippen LogP contribution in [0.2, 0.25) is 5.02 Å². The number of nitrogens with zero attached hydrogens (tertiary/aromatic N) is 2. The molecule has 0 bridgehead atoms. The first kappa shape index (κ1) is 16.6. The van der Waals surface area contributed by atoms with Crippen LogP contribution in [0.4, 0.5) is 4.79 Å². The monoisotopic (exact) mass is 326 g/mol. The Morgan fingerprint density at radius 2 is 1.86 bits per heavy atom. The summed E-state index contributed by atoms with van der Waals surface area (Å²) in [6.45, 7) is 2.62. The van der Waals surface area contributed by atoms with E-state index in [0.717, 1.165) is 5.56 Å². The number of urea groups is 1. The lowest BCUT2D eigenvalue weighted by atomic mass is 10.2. The summed E-state index contributed by atoms with van der Waals surface area (Å²) in [7, 11) is 0. The lowest BCUT2D eigenvalue weighted by molar-refractivity contribution is -0.137. The lowest BCUT2D eigenvalue weighted by Crippen LogP contribution is -2.48. The van der Waals surface area contributed by atoms with Crippen molar-refractivity contribution in [1.29, 1.82) is 0 Å². The molecule has 0 aliphatic carbocycles. The molecule has 0 aromatic heterocycles. The first-order chi connectivity index (χ1) is 10.6. The summed E-state index contributed by atoms with van der Waals surface area (Å²) in [5.41, 5.74) is 0.913. The van der Waals surface area contributed by atoms with E-state index in [-0.39, 0.29) is 19.0 Å². The number of benzene rings is 1. The Labute approximate surface area is 134 Å². The van der Waals surface area contributed by atoms with Crippen molar-refractivity contribution in [1.82, 2.24) is 9.80 Å². The Bertz CT molecular complexity index is 515. The maximum Gasteiger partial charge on any atom is 0.320 e. The standard InChI is InChI=1S/C15H19ClN2O4/c16-13-3-1-12(2-4-13)11-18(6-5-14(19)20)15(21)17-7-9-22-10-8-17/h1-4H,5-11H2,(H,19,20). The maximum absolute atomic E-state index is 12.6. The second-order valence-corrected chi connectivity index (χ2v) is 5.51. The molecule has 1 aromatic rings. The van der Waals surface area contributed by atoms with Crippen LogP contribution in [0.25, 0.3) is 0 Å². The van der Waals surface area contributed by atoms with Crippen LogP contribution in [0.5, 0.6) is 0 Å². The van der Waals surface area contributed by atoms with Crippen molar-refractivity contribution in [2.24, 2.45) is 0 Å². The van der Waals surface area contributed by atoms with Gasteiger partial charge in [-0.15, -0.1) is 0 Å². The van der Waals surface area contributed by atoms with E-state index in [9.17, 15) is 9.59 Å². The average Bonchev–Trinajstić information content (AvgIpc) is 2.53. The van der Waals surface area contributed by atoms with Crippen LogP contribution in [-0.4, -0.2) is 59.8 Å². The molecule has 0 saturated carbocycles. The van der Waals surface area contributed by atoms with Gasteiger partial charge in [0, 0.05) is 31.2 Å². The molecule has 0 unspecified atom stereocenters. The van der Waals surface area contributed by atoms with Gasteiger partial charge in [0.25, 0.3) is 0 Å². The molecule has 1 aromatic carbocycles. The smallest absolute Gasteiger partial charge is 0.320 e. The number of aliphatic carboxylic acids is 1. The molecule has 0 spiro atoms. The molecule has 6 nitrogen and oxygen atoms in total. The predicted molar refractivity (Wildman–Crippen MR) is 81.9 cm³/mol. The third kappa shape index (κ3) is 4.89. The van der Waals surface area contributed by atoms with Crippen molar-refractivity contribution in [2.75, 3.05) is 32.8 Å². The molecule has 0 radical (unpaired) electrons. The SMILES string of the molecule is O=C(O)CCN(Cc1ccc(Cl)cc1)C(=O)N1CCOCC1. The van der Waals surface area contributed by atoms with Crippen molar-refractivity contribution in [3.05, 3.63) is 34.9 Å². The average molecular weight is 327 g/mol. The molecule has 120 valence electrons. The second kappa shape index (κ2) is 8.00. The maximum atomic E-state index is 12.6. The van der Waals surface area contributed by atoms with E-state index in [4.69, 9.17) is 21.4 Å². The normalized spacial score (nSPS) is 14.7. The number of morpholine rings is 1. The molecule has 1 aliphatic heterocycles. The van der Waals surface area contributed by atoms with E-state index in [2.05, 4.69) is 0 Å². The molecule has 1 saturated heterocycles. The van der Waals surface area contributed by atoms with E-state index in [0.29, 0.717) is 37.9 Å². The number of ether oxygens (including phenoxy) is 1. The zero-order valence-corrected chi connectivity index (χ0v) is 13.0. The number of carbonyl (C=O) groups is 2. The molecule has 2 rings (SSSR count). The van der Waals surface area contributed by atoms with Gasteiger partial charge >= 0.3 is 12.0 Å². The van der Waals surface area contributed by atoms with E-state index < -0.39 is 5.97 Å². The Morgan fingerprint density at radius 3 is 2.45 bits per heavy atom. The van der Waals surface area contributed by atoms with Crippen molar-refractivity contribution in [3.63, 3.8) is 0 Å². The van der Waals surface area contributed by atoms with Gasteiger partial charge in [0.15, 0.2) is 0 Å². The summed E-state index contributed by atoms with van der Waals surface area (Å²) in [5.74, 6) is -0.920. The fourth-order valence-corrected chi connectivity index (χ4v) is 2.36. The second-order valence-electron chi connectivity index (χ2n) is 5.07. The van der Waals surface area contributed by atoms with Crippen LogP contribution in [0.15, 0.2) is 24.3 Å². The van der Waals surface area contributed by atoms with Gasteiger partial charge in [-0.25, -0.2) is 4.79 Å². The number of carboxylic acid groups (broad SMARTS) is 1. The third-order valence-electron chi connectivity index (χ3n) is 3.43. The van der Waals surface area contributed by atoms with E-state index in [1.165, 1.54) is 0 Å². The van der Waals surface area contributed by atoms with E-state index in [1.54, 1.807) is 21.9 Å². The van der Waals surface area contributed by atoms with Crippen LogP contribution in [0.3, 0.4) is 0 Å². The molecule has 1 fully saturated rings. The van der Waals surface area contributed by atoms with Gasteiger partial charge in [0.05, 0.1) is 19.6 Å². The number of carboxylic acids is 1. The van der Waals surface area contributed by atoms with Gasteiger partial charge in [-0.1, -0.05) is 23.7 Å². The molecule has 2 amide bonds. The predicted octanol–water partition coefficient (Wildman–Crippen LogP) is 2.07. The third-order valence-corrected chi connectivity index (χ3v) is 3.69. The quantitative estimate of drug-likeness (QED) is 0.899. The van der Waals surface area contributed by atoms with Crippen LogP contribution >= 0.6 is 11.6 Å². The number of rotatable bonds is 5. The topological polar surface area (TPSA) is 70.1 Å². The van der Waals surface area contributed by atoms with Crippen molar-refractivity contribution >= 4 is 23.6 Å². The molecular formula is C15H19ClN2O4. The highest BCUT2D eigenvalue weighted by Crippen LogP contribution is 2.13. The largest absolute Gasteiger partial charge is 0.481 e. The highest BCUT2D eigenvalue weighted by Gasteiger charge is 2.23. The fraction of sp³-hybridized carbons (Fsp3) is 0.467. The van der Waals surface area contributed by atoms with Crippen LogP contribution in [0.1, 0.15) is 12.0 Å².